The topological polar surface area (TPSA) is 41.7 Å². The van der Waals surface area contributed by atoms with Crippen molar-refractivity contribution in [2.24, 2.45) is 0 Å². The van der Waals surface area contributed by atoms with Crippen LogP contribution >= 0.6 is 22.9 Å². The second-order valence-corrected chi connectivity index (χ2v) is 5.80. The van der Waals surface area contributed by atoms with E-state index in [1.807, 2.05) is 35.0 Å². The van der Waals surface area contributed by atoms with Crippen molar-refractivity contribution in [2.75, 3.05) is 0 Å². The second kappa shape index (κ2) is 5.61. The maximum Gasteiger partial charge on any atom is 0.182 e. The predicted molar refractivity (Wildman–Crippen MR) is 81.9 cm³/mol. The van der Waals surface area contributed by atoms with E-state index in [-0.39, 0.29) is 0 Å². The predicted octanol–water partition coefficient (Wildman–Crippen LogP) is 3.79. The van der Waals surface area contributed by atoms with Crippen LogP contribution < -0.4 is 4.80 Å². The average molecular weight is 302 g/mol. The third-order valence-electron chi connectivity index (χ3n) is 2.94. The number of halogens is 1. The SMILES string of the molecule is N=c1sc(-c2ccccc2)cn1Cc1ccc(Cl)nc1. The van der Waals surface area contributed by atoms with Gasteiger partial charge in [-0.3, -0.25) is 5.41 Å². The van der Waals surface area contributed by atoms with E-state index in [1.165, 1.54) is 11.3 Å². The summed E-state index contributed by atoms with van der Waals surface area (Å²) in [7, 11) is 0. The van der Waals surface area contributed by atoms with E-state index >= 15 is 0 Å². The van der Waals surface area contributed by atoms with Crippen LogP contribution in [0.2, 0.25) is 5.15 Å². The van der Waals surface area contributed by atoms with Crippen molar-refractivity contribution < 1.29 is 0 Å². The van der Waals surface area contributed by atoms with Crippen LogP contribution in [0.5, 0.6) is 0 Å². The molecule has 0 radical (unpaired) electrons. The summed E-state index contributed by atoms with van der Waals surface area (Å²) in [5.41, 5.74) is 2.17. The Bertz CT molecular complexity index is 760. The van der Waals surface area contributed by atoms with Gasteiger partial charge in [0.05, 0.1) is 11.4 Å². The summed E-state index contributed by atoms with van der Waals surface area (Å²) in [5, 5.41) is 8.55. The van der Waals surface area contributed by atoms with Gasteiger partial charge in [0.1, 0.15) is 5.15 Å². The van der Waals surface area contributed by atoms with Crippen LogP contribution in [0.1, 0.15) is 5.56 Å². The van der Waals surface area contributed by atoms with Gasteiger partial charge in [-0.05, 0) is 17.2 Å². The van der Waals surface area contributed by atoms with Crippen molar-refractivity contribution in [1.29, 1.82) is 5.41 Å². The third kappa shape index (κ3) is 2.81. The standard InChI is InChI=1S/C15H12ClN3S/c16-14-7-6-11(8-18-14)9-19-10-13(20-15(19)17)12-4-2-1-3-5-12/h1-8,10,17H,9H2. The zero-order valence-corrected chi connectivity index (χ0v) is 12.2. The van der Waals surface area contributed by atoms with E-state index in [0.29, 0.717) is 16.5 Å². The van der Waals surface area contributed by atoms with Crippen molar-refractivity contribution in [1.82, 2.24) is 9.55 Å². The molecule has 20 heavy (non-hydrogen) atoms. The minimum absolute atomic E-state index is 0.486. The number of benzene rings is 1. The molecule has 0 bridgehead atoms. The first-order valence-electron chi connectivity index (χ1n) is 6.13. The molecule has 1 aromatic carbocycles. The lowest BCUT2D eigenvalue weighted by molar-refractivity contribution is 0.757. The second-order valence-electron chi connectivity index (χ2n) is 4.38. The molecule has 2 aromatic heterocycles. The van der Waals surface area contributed by atoms with Gasteiger partial charge in [-0.15, -0.1) is 0 Å². The maximum atomic E-state index is 8.07. The molecular formula is C15H12ClN3S. The summed E-state index contributed by atoms with van der Waals surface area (Å²) in [6.45, 7) is 0.631. The fourth-order valence-corrected chi connectivity index (χ4v) is 2.93. The molecular weight excluding hydrogens is 290 g/mol. The smallest absolute Gasteiger partial charge is 0.182 e. The van der Waals surface area contributed by atoms with Crippen molar-refractivity contribution in [3.63, 3.8) is 0 Å². The summed E-state index contributed by atoms with van der Waals surface area (Å²) < 4.78 is 1.91. The van der Waals surface area contributed by atoms with Crippen molar-refractivity contribution >= 4 is 22.9 Å². The van der Waals surface area contributed by atoms with Gasteiger partial charge in [0.2, 0.25) is 0 Å². The first-order valence-corrected chi connectivity index (χ1v) is 7.32. The van der Waals surface area contributed by atoms with Gasteiger partial charge in [0.15, 0.2) is 4.80 Å². The minimum atomic E-state index is 0.486. The summed E-state index contributed by atoms with van der Waals surface area (Å²) >= 11 is 7.25. The molecule has 0 saturated heterocycles. The Kier molecular flexibility index (Phi) is 3.67. The van der Waals surface area contributed by atoms with E-state index < -0.39 is 0 Å². The average Bonchev–Trinajstić information content (AvgIpc) is 2.84. The zero-order chi connectivity index (χ0) is 13.9. The van der Waals surface area contributed by atoms with Gasteiger partial charge in [-0.1, -0.05) is 59.3 Å². The molecule has 0 fully saturated rings. The van der Waals surface area contributed by atoms with Crippen LogP contribution in [-0.2, 0) is 6.54 Å². The van der Waals surface area contributed by atoms with E-state index in [9.17, 15) is 0 Å². The van der Waals surface area contributed by atoms with Gasteiger partial charge in [-0.2, -0.15) is 0 Å². The number of hydrogen-bond donors (Lipinski definition) is 1. The normalized spacial score (nSPS) is 10.7. The number of nitrogens with one attached hydrogen (secondary N) is 1. The molecule has 3 nitrogen and oxygen atoms in total. The molecule has 5 heteroatoms. The lowest BCUT2D eigenvalue weighted by Gasteiger charge is -2.02. The molecule has 0 aliphatic rings. The maximum absolute atomic E-state index is 8.07. The van der Waals surface area contributed by atoms with Crippen molar-refractivity contribution in [2.45, 2.75) is 6.54 Å². The molecule has 1 N–H and O–H groups in total. The Morgan fingerprint density at radius 2 is 1.95 bits per heavy atom. The first kappa shape index (κ1) is 13.1. The Labute approximate surface area is 125 Å². The molecule has 0 saturated carbocycles. The van der Waals surface area contributed by atoms with Gasteiger partial charge in [0, 0.05) is 12.4 Å². The Morgan fingerprint density at radius 1 is 1.15 bits per heavy atom. The van der Waals surface area contributed by atoms with Crippen LogP contribution in [0.4, 0.5) is 0 Å². The van der Waals surface area contributed by atoms with Crippen LogP contribution in [0.15, 0.2) is 54.9 Å². The van der Waals surface area contributed by atoms with Crippen molar-refractivity contribution in [3.8, 4) is 10.4 Å². The molecule has 0 spiro atoms. The molecule has 3 aromatic rings. The van der Waals surface area contributed by atoms with E-state index in [2.05, 4.69) is 17.1 Å². The third-order valence-corrected chi connectivity index (χ3v) is 4.15. The molecule has 0 aliphatic carbocycles. The van der Waals surface area contributed by atoms with E-state index in [0.717, 1.165) is 16.0 Å². The number of pyridine rings is 1. The number of aromatic nitrogens is 2. The minimum Gasteiger partial charge on any atom is -0.319 e. The van der Waals surface area contributed by atoms with Crippen LogP contribution in [0.3, 0.4) is 0 Å². The van der Waals surface area contributed by atoms with E-state index in [1.54, 1.807) is 12.3 Å². The van der Waals surface area contributed by atoms with Gasteiger partial charge >= 0.3 is 0 Å². The van der Waals surface area contributed by atoms with Crippen LogP contribution in [-0.4, -0.2) is 9.55 Å². The number of hydrogen-bond acceptors (Lipinski definition) is 3. The lowest BCUT2D eigenvalue weighted by Crippen LogP contribution is -2.12. The molecule has 3 rings (SSSR count). The summed E-state index contributed by atoms with van der Waals surface area (Å²) in [5.74, 6) is 0. The molecule has 0 aliphatic heterocycles. The molecule has 0 atom stereocenters. The number of nitrogens with zero attached hydrogens (tertiary/aromatic N) is 2. The monoisotopic (exact) mass is 301 g/mol. The fourth-order valence-electron chi connectivity index (χ4n) is 1.94. The number of thiazole rings is 1. The Hall–Kier alpha value is -1.91. The Balaban J connectivity index is 1.90. The molecule has 100 valence electrons. The van der Waals surface area contributed by atoms with Crippen molar-refractivity contribution in [3.05, 3.63) is 70.4 Å². The fraction of sp³-hybridized carbons (Fsp3) is 0.0667. The zero-order valence-electron chi connectivity index (χ0n) is 10.6. The summed E-state index contributed by atoms with van der Waals surface area (Å²) in [6.07, 6.45) is 3.76. The molecule has 0 amide bonds. The van der Waals surface area contributed by atoms with Crippen LogP contribution in [0.25, 0.3) is 10.4 Å². The van der Waals surface area contributed by atoms with Crippen LogP contribution in [0, 0.1) is 5.41 Å². The summed E-state index contributed by atoms with van der Waals surface area (Å²) in [4.78, 5) is 5.69. The largest absolute Gasteiger partial charge is 0.319 e. The highest BCUT2D eigenvalue weighted by molar-refractivity contribution is 7.12. The lowest BCUT2D eigenvalue weighted by atomic mass is 10.2. The highest BCUT2D eigenvalue weighted by atomic mass is 35.5. The number of rotatable bonds is 3. The van der Waals surface area contributed by atoms with E-state index in [4.69, 9.17) is 17.0 Å². The summed E-state index contributed by atoms with van der Waals surface area (Å²) in [6, 6.07) is 13.8. The van der Waals surface area contributed by atoms with Gasteiger partial charge in [0.25, 0.3) is 0 Å². The highest BCUT2D eigenvalue weighted by Gasteiger charge is 2.05. The first-order chi connectivity index (χ1) is 9.72. The van der Waals surface area contributed by atoms with Gasteiger partial charge in [-0.25, -0.2) is 4.98 Å². The van der Waals surface area contributed by atoms with Gasteiger partial charge < -0.3 is 4.57 Å². The Morgan fingerprint density at radius 3 is 2.65 bits per heavy atom. The molecule has 2 heterocycles. The highest BCUT2D eigenvalue weighted by Crippen LogP contribution is 2.21. The quantitative estimate of drug-likeness (QED) is 0.735. The molecule has 0 unspecified atom stereocenters.